The molecule has 9 nitrogen and oxygen atoms in total. The molecule has 2 aliphatic rings. The maximum absolute atomic E-state index is 9.56. The second-order valence-corrected chi connectivity index (χ2v) is 8.38. The maximum atomic E-state index is 9.56. The van der Waals surface area contributed by atoms with E-state index in [1.54, 1.807) is 16.9 Å². The van der Waals surface area contributed by atoms with Gasteiger partial charge in [-0.15, -0.1) is 0 Å². The van der Waals surface area contributed by atoms with Crippen LogP contribution in [0.1, 0.15) is 36.9 Å². The Morgan fingerprint density at radius 1 is 1.22 bits per heavy atom. The van der Waals surface area contributed by atoms with E-state index >= 15 is 0 Å². The van der Waals surface area contributed by atoms with E-state index < -0.39 is 0 Å². The van der Waals surface area contributed by atoms with Gasteiger partial charge in [-0.3, -0.25) is 0 Å². The standard InChI is InChI=1S/C23H27N7O2/c1-16-6-7-25-23(27-16)28-18-2-4-20(5-3-18)32-21-12-19(29-8-10-31-11-9-29)15-30-22(21)17(13-24)14-26-30/h6-7,12,14-15,18,20H,2-5,8-11H2,1H3,(H,25,27,28). The van der Waals surface area contributed by atoms with Gasteiger partial charge in [0.15, 0.2) is 0 Å². The molecule has 1 N–H and O–H groups in total. The molecular formula is C23H27N7O2. The van der Waals surface area contributed by atoms with Gasteiger partial charge in [0.2, 0.25) is 5.95 Å². The zero-order valence-electron chi connectivity index (χ0n) is 18.2. The smallest absolute Gasteiger partial charge is 0.223 e. The molecule has 1 aliphatic carbocycles. The number of nitrogens with zero attached hydrogens (tertiary/aromatic N) is 6. The van der Waals surface area contributed by atoms with Gasteiger partial charge in [-0.2, -0.15) is 10.4 Å². The Labute approximate surface area is 187 Å². The van der Waals surface area contributed by atoms with Crippen molar-refractivity contribution < 1.29 is 9.47 Å². The average Bonchev–Trinajstić information content (AvgIpc) is 3.24. The van der Waals surface area contributed by atoms with Gasteiger partial charge in [0, 0.05) is 37.1 Å². The first kappa shape index (κ1) is 20.5. The summed E-state index contributed by atoms with van der Waals surface area (Å²) in [5.74, 6) is 1.41. The molecule has 0 bridgehead atoms. The van der Waals surface area contributed by atoms with Crippen LogP contribution >= 0.6 is 0 Å². The molecule has 3 aromatic rings. The Morgan fingerprint density at radius 2 is 2.03 bits per heavy atom. The van der Waals surface area contributed by atoms with Gasteiger partial charge in [0.05, 0.1) is 37.4 Å². The van der Waals surface area contributed by atoms with Crippen molar-refractivity contribution in [3.8, 4) is 11.8 Å². The summed E-state index contributed by atoms with van der Waals surface area (Å²) in [7, 11) is 0. The number of hydrogen-bond acceptors (Lipinski definition) is 8. The van der Waals surface area contributed by atoms with E-state index in [4.69, 9.17) is 9.47 Å². The largest absolute Gasteiger partial charge is 0.488 e. The highest BCUT2D eigenvalue weighted by Crippen LogP contribution is 2.33. The van der Waals surface area contributed by atoms with Gasteiger partial charge in [-0.05, 0) is 38.7 Å². The molecule has 1 aliphatic heterocycles. The van der Waals surface area contributed by atoms with Crippen LogP contribution in [0.4, 0.5) is 11.6 Å². The highest BCUT2D eigenvalue weighted by atomic mass is 16.5. The van der Waals surface area contributed by atoms with Crippen LogP contribution in [-0.4, -0.2) is 58.0 Å². The second-order valence-electron chi connectivity index (χ2n) is 8.38. The first-order valence-electron chi connectivity index (χ1n) is 11.2. The van der Waals surface area contributed by atoms with Gasteiger partial charge in [0.1, 0.15) is 22.9 Å². The molecule has 0 radical (unpaired) electrons. The van der Waals surface area contributed by atoms with Gasteiger partial charge in [-0.1, -0.05) is 0 Å². The molecule has 166 valence electrons. The molecule has 32 heavy (non-hydrogen) atoms. The molecule has 0 atom stereocenters. The van der Waals surface area contributed by atoms with Crippen molar-refractivity contribution in [3.63, 3.8) is 0 Å². The van der Waals surface area contributed by atoms with Crippen molar-refractivity contribution >= 4 is 17.2 Å². The molecule has 1 saturated carbocycles. The molecule has 1 saturated heterocycles. The fourth-order valence-electron chi connectivity index (χ4n) is 4.44. The third-order valence-corrected chi connectivity index (χ3v) is 6.15. The number of aryl methyl sites for hydroxylation is 1. The number of rotatable bonds is 5. The monoisotopic (exact) mass is 433 g/mol. The van der Waals surface area contributed by atoms with Crippen molar-refractivity contribution in [1.82, 2.24) is 19.6 Å². The van der Waals surface area contributed by atoms with E-state index in [1.165, 1.54) is 0 Å². The molecule has 3 aromatic heterocycles. The van der Waals surface area contributed by atoms with Gasteiger partial charge < -0.3 is 19.7 Å². The third kappa shape index (κ3) is 4.32. The number of morpholine rings is 1. The Hall–Kier alpha value is -3.38. The number of hydrogen-bond donors (Lipinski definition) is 1. The SMILES string of the molecule is Cc1ccnc(NC2CCC(Oc3cc(N4CCOCC4)cn4ncc(C#N)c34)CC2)n1. The molecular weight excluding hydrogens is 406 g/mol. The van der Waals surface area contributed by atoms with E-state index in [2.05, 4.69) is 31.4 Å². The number of nitriles is 1. The zero-order valence-corrected chi connectivity index (χ0v) is 18.2. The summed E-state index contributed by atoms with van der Waals surface area (Å²) >= 11 is 0. The van der Waals surface area contributed by atoms with Crippen molar-refractivity contribution in [2.45, 2.75) is 44.8 Å². The van der Waals surface area contributed by atoms with E-state index in [1.807, 2.05) is 25.3 Å². The fourth-order valence-corrected chi connectivity index (χ4v) is 4.44. The lowest BCUT2D eigenvalue weighted by Gasteiger charge is -2.31. The molecule has 5 rings (SSSR count). The third-order valence-electron chi connectivity index (χ3n) is 6.15. The van der Waals surface area contributed by atoms with Crippen LogP contribution < -0.4 is 15.0 Å². The topological polar surface area (TPSA) is 101 Å². The summed E-state index contributed by atoms with van der Waals surface area (Å²) < 4.78 is 13.7. The average molecular weight is 434 g/mol. The molecule has 2 fully saturated rings. The first-order valence-corrected chi connectivity index (χ1v) is 11.2. The normalized spacial score (nSPS) is 21.3. The van der Waals surface area contributed by atoms with Crippen LogP contribution in [0.5, 0.6) is 5.75 Å². The van der Waals surface area contributed by atoms with Crippen LogP contribution in [0.2, 0.25) is 0 Å². The lowest BCUT2D eigenvalue weighted by atomic mass is 9.93. The number of ether oxygens (including phenoxy) is 2. The molecule has 0 aromatic carbocycles. The number of fused-ring (bicyclic) bond motifs is 1. The highest BCUT2D eigenvalue weighted by Gasteiger charge is 2.25. The number of nitrogens with one attached hydrogen (secondary N) is 1. The number of aromatic nitrogens is 4. The predicted octanol–water partition coefficient (Wildman–Crippen LogP) is 2.94. The molecule has 9 heteroatoms. The number of anilines is 2. The minimum absolute atomic E-state index is 0.0941. The Balaban J connectivity index is 1.31. The van der Waals surface area contributed by atoms with Gasteiger partial charge in [-0.25, -0.2) is 14.5 Å². The van der Waals surface area contributed by atoms with Crippen LogP contribution in [0, 0.1) is 18.3 Å². The summed E-state index contributed by atoms with van der Waals surface area (Å²) in [6.07, 6.45) is 9.25. The predicted molar refractivity (Wildman–Crippen MR) is 120 cm³/mol. The van der Waals surface area contributed by atoms with Crippen LogP contribution in [0.15, 0.2) is 30.7 Å². The van der Waals surface area contributed by atoms with Crippen molar-refractivity contribution in [3.05, 3.63) is 42.0 Å². The minimum atomic E-state index is 0.0941. The van der Waals surface area contributed by atoms with Crippen LogP contribution in [0.25, 0.3) is 5.52 Å². The van der Waals surface area contributed by atoms with Gasteiger partial charge in [0.25, 0.3) is 0 Å². The quantitative estimate of drug-likeness (QED) is 0.656. The Morgan fingerprint density at radius 3 is 2.78 bits per heavy atom. The molecule has 0 amide bonds. The molecule has 0 unspecified atom stereocenters. The van der Waals surface area contributed by atoms with Crippen molar-refractivity contribution in [1.29, 1.82) is 5.26 Å². The van der Waals surface area contributed by atoms with Crippen LogP contribution in [-0.2, 0) is 4.74 Å². The molecule has 4 heterocycles. The van der Waals surface area contributed by atoms with E-state index in [0.717, 1.165) is 61.4 Å². The van der Waals surface area contributed by atoms with Crippen LogP contribution in [0.3, 0.4) is 0 Å². The summed E-state index contributed by atoms with van der Waals surface area (Å²) in [6, 6.07) is 6.53. The lowest BCUT2D eigenvalue weighted by Crippen LogP contribution is -2.36. The fraction of sp³-hybridized carbons (Fsp3) is 0.478. The Kier molecular flexibility index (Phi) is 5.77. The summed E-state index contributed by atoms with van der Waals surface area (Å²) in [5.41, 5.74) is 3.26. The van der Waals surface area contributed by atoms with E-state index in [9.17, 15) is 5.26 Å². The summed E-state index contributed by atoms with van der Waals surface area (Å²) in [5, 5.41) is 17.4. The van der Waals surface area contributed by atoms with Crippen molar-refractivity contribution in [2.24, 2.45) is 0 Å². The second kappa shape index (κ2) is 9.01. The summed E-state index contributed by atoms with van der Waals surface area (Å²) in [4.78, 5) is 11.0. The lowest BCUT2D eigenvalue weighted by molar-refractivity contribution is 0.122. The van der Waals surface area contributed by atoms with Gasteiger partial charge >= 0.3 is 0 Å². The zero-order chi connectivity index (χ0) is 21.9. The molecule has 0 spiro atoms. The minimum Gasteiger partial charge on any atom is -0.488 e. The Bertz CT molecular complexity index is 1130. The first-order chi connectivity index (χ1) is 15.7. The van der Waals surface area contributed by atoms with E-state index in [-0.39, 0.29) is 6.10 Å². The maximum Gasteiger partial charge on any atom is 0.223 e. The highest BCUT2D eigenvalue weighted by molar-refractivity contribution is 5.72. The van der Waals surface area contributed by atoms with E-state index in [0.29, 0.717) is 30.8 Å². The number of pyridine rings is 1. The van der Waals surface area contributed by atoms with Crippen molar-refractivity contribution in [2.75, 3.05) is 36.5 Å². The summed E-state index contributed by atoms with van der Waals surface area (Å²) in [6.45, 7) is 5.04.